The minimum absolute atomic E-state index is 0.0587. The molecule has 0 aromatic heterocycles. The standard InChI is InChI=1S/C15H23N3O2/c1-9(2)13(14(17)19)18-15(20)10(3)12(16)11-7-5-4-6-8-11/h4-10,12-13H,16H2,1-3H3,(H2,17,19)(H,18,20). The van der Waals surface area contributed by atoms with Crippen LogP contribution in [-0.2, 0) is 9.59 Å². The second-order valence-electron chi connectivity index (χ2n) is 5.36. The highest BCUT2D eigenvalue weighted by atomic mass is 16.2. The predicted octanol–water partition coefficient (Wildman–Crippen LogP) is 0.949. The summed E-state index contributed by atoms with van der Waals surface area (Å²) < 4.78 is 0. The molecular weight excluding hydrogens is 254 g/mol. The summed E-state index contributed by atoms with van der Waals surface area (Å²) in [6.45, 7) is 5.40. The van der Waals surface area contributed by atoms with E-state index in [1.165, 1.54) is 0 Å². The van der Waals surface area contributed by atoms with Gasteiger partial charge in [-0.05, 0) is 11.5 Å². The second kappa shape index (κ2) is 7.05. The Kier molecular flexibility index (Phi) is 5.70. The minimum atomic E-state index is -0.673. The molecule has 0 spiro atoms. The number of rotatable bonds is 6. The van der Waals surface area contributed by atoms with Crippen molar-refractivity contribution in [1.82, 2.24) is 5.32 Å². The summed E-state index contributed by atoms with van der Waals surface area (Å²) in [6.07, 6.45) is 0. The lowest BCUT2D eigenvalue weighted by atomic mass is 9.93. The molecule has 1 aromatic rings. The van der Waals surface area contributed by atoms with Crippen molar-refractivity contribution in [1.29, 1.82) is 0 Å². The fourth-order valence-corrected chi connectivity index (χ4v) is 1.98. The van der Waals surface area contributed by atoms with E-state index >= 15 is 0 Å². The first-order valence-electron chi connectivity index (χ1n) is 6.74. The van der Waals surface area contributed by atoms with Crippen LogP contribution < -0.4 is 16.8 Å². The monoisotopic (exact) mass is 277 g/mol. The van der Waals surface area contributed by atoms with Crippen molar-refractivity contribution in [2.24, 2.45) is 23.3 Å². The second-order valence-corrected chi connectivity index (χ2v) is 5.36. The van der Waals surface area contributed by atoms with Gasteiger partial charge >= 0.3 is 0 Å². The first-order chi connectivity index (χ1) is 9.34. The van der Waals surface area contributed by atoms with E-state index < -0.39 is 23.9 Å². The number of primary amides is 1. The lowest BCUT2D eigenvalue weighted by Gasteiger charge is -2.24. The molecule has 0 heterocycles. The maximum atomic E-state index is 12.2. The van der Waals surface area contributed by atoms with E-state index in [0.29, 0.717) is 0 Å². The molecule has 2 amide bonds. The van der Waals surface area contributed by atoms with Crippen molar-refractivity contribution >= 4 is 11.8 Å². The Morgan fingerprint density at radius 1 is 1.10 bits per heavy atom. The molecule has 0 fully saturated rings. The molecule has 3 atom stereocenters. The van der Waals surface area contributed by atoms with E-state index in [1.54, 1.807) is 6.92 Å². The normalized spacial score (nSPS) is 15.4. The third-order valence-corrected chi connectivity index (χ3v) is 3.41. The van der Waals surface area contributed by atoms with Gasteiger partial charge in [-0.15, -0.1) is 0 Å². The van der Waals surface area contributed by atoms with Crippen molar-refractivity contribution < 1.29 is 9.59 Å². The van der Waals surface area contributed by atoms with Crippen molar-refractivity contribution in [3.63, 3.8) is 0 Å². The zero-order chi connectivity index (χ0) is 15.3. The Bertz CT molecular complexity index is 459. The van der Waals surface area contributed by atoms with E-state index in [1.807, 2.05) is 44.2 Å². The van der Waals surface area contributed by atoms with Crippen molar-refractivity contribution in [2.45, 2.75) is 32.9 Å². The molecule has 0 saturated carbocycles. The highest BCUT2D eigenvalue weighted by molar-refractivity contribution is 5.87. The number of nitrogens with two attached hydrogens (primary N) is 2. The summed E-state index contributed by atoms with van der Waals surface area (Å²) in [5.74, 6) is -1.30. The smallest absolute Gasteiger partial charge is 0.240 e. The molecule has 20 heavy (non-hydrogen) atoms. The molecule has 3 unspecified atom stereocenters. The third-order valence-electron chi connectivity index (χ3n) is 3.41. The zero-order valence-electron chi connectivity index (χ0n) is 12.2. The quantitative estimate of drug-likeness (QED) is 0.722. The number of carbonyl (C=O) groups excluding carboxylic acids is 2. The summed E-state index contributed by atoms with van der Waals surface area (Å²) in [7, 11) is 0. The molecule has 5 N–H and O–H groups in total. The van der Waals surface area contributed by atoms with Crippen LogP contribution in [0.2, 0.25) is 0 Å². The number of benzene rings is 1. The third kappa shape index (κ3) is 4.06. The molecule has 0 radical (unpaired) electrons. The topological polar surface area (TPSA) is 98.2 Å². The van der Waals surface area contributed by atoms with Crippen molar-refractivity contribution in [3.05, 3.63) is 35.9 Å². The molecule has 1 rings (SSSR count). The van der Waals surface area contributed by atoms with Gasteiger partial charge in [0, 0.05) is 6.04 Å². The Balaban J connectivity index is 2.74. The molecule has 110 valence electrons. The molecule has 0 aliphatic carbocycles. The Hall–Kier alpha value is -1.88. The van der Waals surface area contributed by atoms with E-state index in [2.05, 4.69) is 5.32 Å². The lowest BCUT2D eigenvalue weighted by Crippen LogP contribution is -2.50. The van der Waals surface area contributed by atoms with Gasteiger partial charge in [-0.1, -0.05) is 51.1 Å². The van der Waals surface area contributed by atoms with Crippen LogP contribution in [0.5, 0.6) is 0 Å². The van der Waals surface area contributed by atoms with Crippen LogP contribution in [0.15, 0.2) is 30.3 Å². The molecule has 1 aromatic carbocycles. The zero-order valence-corrected chi connectivity index (χ0v) is 12.2. The van der Waals surface area contributed by atoms with Crippen LogP contribution in [0, 0.1) is 11.8 Å². The van der Waals surface area contributed by atoms with Crippen LogP contribution in [0.3, 0.4) is 0 Å². The molecule has 0 aliphatic heterocycles. The summed E-state index contributed by atoms with van der Waals surface area (Å²) in [5, 5.41) is 2.67. The molecule has 5 heteroatoms. The predicted molar refractivity (Wildman–Crippen MR) is 78.5 cm³/mol. The molecule has 0 aliphatic rings. The highest BCUT2D eigenvalue weighted by Crippen LogP contribution is 2.19. The van der Waals surface area contributed by atoms with Crippen LogP contribution in [0.4, 0.5) is 0 Å². The van der Waals surface area contributed by atoms with E-state index in [-0.39, 0.29) is 11.8 Å². The van der Waals surface area contributed by atoms with Crippen LogP contribution >= 0.6 is 0 Å². The van der Waals surface area contributed by atoms with Gasteiger partial charge in [-0.2, -0.15) is 0 Å². The van der Waals surface area contributed by atoms with Crippen LogP contribution in [-0.4, -0.2) is 17.9 Å². The maximum Gasteiger partial charge on any atom is 0.240 e. The fraction of sp³-hybridized carbons (Fsp3) is 0.467. The van der Waals surface area contributed by atoms with E-state index in [4.69, 9.17) is 11.5 Å². The number of hydrogen-bond acceptors (Lipinski definition) is 3. The maximum absolute atomic E-state index is 12.2. The van der Waals surface area contributed by atoms with Gasteiger partial charge in [-0.25, -0.2) is 0 Å². The molecule has 0 saturated heterocycles. The highest BCUT2D eigenvalue weighted by Gasteiger charge is 2.27. The van der Waals surface area contributed by atoms with Crippen molar-refractivity contribution in [2.75, 3.05) is 0 Å². The van der Waals surface area contributed by atoms with Gasteiger partial charge in [0.1, 0.15) is 6.04 Å². The summed E-state index contributed by atoms with van der Waals surface area (Å²) in [4.78, 5) is 23.5. The summed E-state index contributed by atoms with van der Waals surface area (Å²) >= 11 is 0. The lowest BCUT2D eigenvalue weighted by molar-refractivity contribution is -0.130. The van der Waals surface area contributed by atoms with Crippen molar-refractivity contribution in [3.8, 4) is 0 Å². The molecule has 5 nitrogen and oxygen atoms in total. The van der Waals surface area contributed by atoms with Crippen LogP contribution in [0.25, 0.3) is 0 Å². The summed E-state index contributed by atoms with van der Waals surface area (Å²) in [6, 6.07) is 8.30. The first-order valence-corrected chi connectivity index (χ1v) is 6.74. The molecule has 0 bridgehead atoms. The van der Waals surface area contributed by atoms with Gasteiger partial charge in [-0.3, -0.25) is 9.59 Å². The van der Waals surface area contributed by atoms with Gasteiger partial charge < -0.3 is 16.8 Å². The Labute approximate surface area is 119 Å². The number of carbonyl (C=O) groups is 2. The van der Waals surface area contributed by atoms with Gasteiger partial charge in [0.2, 0.25) is 11.8 Å². The SMILES string of the molecule is CC(C)C(NC(=O)C(C)C(N)c1ccccc1)C(N)=O. The number of hydrogen-bond donors (Lipinski definition) is 3. The number of nitrogens with one attached hydrogen (secondary N) is 1. The van der Waals surface area contributed by atoms with E-state index in [0.717, 1.165) is 5.56 Å². The largest absolute Gasteiger partial charge is 0.368 e. The van der Waals surface area contributed by atoms with Gasteiger partial charge in [0.25, 0.3) is 0 Å². The minimum Gasteiger partial charge on any atom is -0.368 e. The number of amides is 2. The molecular formula is C15H23N3O2. The Morgan fingerprint density at radius 2 is 1.65 bits per heavy atom. The van der Waals surface area contributed by atoms with E-state index in [9.17, 15) is 9.59 Å². The van der Waals surface area contributed by atoms with Gasteiger partial charge in [0.05, 0.1) is 5.92 Å². The van der Waals surface area contributed by atoms with Gasteiger partial charge in [0.15, 0.2) is 0 Å². The fourth-order valence-electron chi connectivity index (χ4n) is 1.98. The first kappa shape index (κ1) is 16.2. The average Bonchev–Trinajstić information content (AvgIpc) is 2.43. The Morgan fingerprint density at radius 3 is 2.10 bits per heavy atom. The van der Waals surface area contributed by atoms with Crippen LogP contribution in [0.1, 0.15) is 32.4 Å². The summed E-state index contributed by atoms with van der Waals surface area (Å²) in [5.41, 5.74) is 12.3. The average molecular weight is 277 g/mol.